The van der Waals surface area contributed by atoms with Gasteiger partial charge in [-0.2, -0.15) is 5.26 Å². The molecule has 4 rings (SSSR count). The molecule has 1 heterocycles. The number of hydrogen-bond acceptors (Lipinski definition) is 7. The lowest BCUT2D eigenvalue weighted by Crippen LogP contribution is -2.37. The number of hydrogen-bond donors (Lipinski definition) is 0. The van der Waals surface area contributed by atoms with Crippen molar-refractivity contribution < 1.29 is 18.9 Å². The van der Waals surface area contributed by atoms with E-state index < -0.39 is 0 Å². The SMILES string of the molecule is COc1ccc(C2c3cc(OC)c(OC)cc3CCN2CCCCCCCCC(C#N)Sc2ccc(C)cc2)cc1OC. The van der Waals surface area contributed by atoms with Crippen LogP contribution in [-0.2, 0) is 6.42 Å². The van der Waals surface area contributed by atoms with E-state index in [1.165, 1.54) is 52.8 Å². The van der Waals surface area contributed by atoms with E-state index in [1.54, 1.807) is 40.2 Å². The Kier molecular flexibility index (Phi) is 12.5. The summed E-state index contributed by atoms with van der Waals surface area (Å²) < 4.78 is 22.5. The summed E-state index contributed by atoms with van der Waals surface area (Å²) in [5.41, 5.74) is 4.98. The van der Waals surface area contributed by atoms with Crippen LogP contribution in [0.5, 0.6) is 23.0 Å². The van der Waals surface area contributed by atoms with Crippen LogP contribution < -0.4 is 18.9 Å². The Morgan fingerprint density at radius 3 is 2.09 bits per heavy atom. The maximum absolute atomic E-state index is 9.61. The minimum atomic E-state index is 0.0248. The summed E-state index contributed by atoms with van der Waals surface area (Å²) in [5.74, 6) is 3.00. The number of nitrogens with zero attached hydrogens (tertiary/aromatic N) is 2. The third-order valence-corrected chi connectivity index (χ3v) is 9.47. The molecule has 0 N–H and O–H groups in total. The Hall–Kier alpha value is -3.34. The monoisotopic (exact) mass is 602 g/mol. The molecule has 7 heteroatoms. The van der Waals surface area contributed by atoms with Gasteiger partial charge in [0.25, 0.3) is 0 Å². The molecule has 2 atom stereocenters. The lowest BCUT2D eigenvalue weighted by Gasteiger charge is -2.38. The summed E-state index contributed by atoms with van der Waals surface area (Å²) in [6.07, 6.45) is 8.99. The summed E-state index contributed by atoms with van der Waals surface area (Å²) in [7, 11) is 6.74. The number of aryl methyl sites for hydroxylation is 1. The minimum Gasteiger partial charge on any atom is -0.493 e. The van der Waals surface area contributed by atoms with Gasteiger partial charge in [-0.25, -0.2) is 0 Å². The Morgan fingerprint density at radius 1 is 0.791 bits per heavy atom. The van der Waals surface area contributed by atoms with Crippen molar-refractivity contribution in [2.24, 2.45) is 0 Å². The van der Waals surface area contributed by atoms with Crippen LogP contribution in [0.15, 0.2) is 59.5 Å². The molecule has 0 aliphatic carbocycles. The number of methoxy groups -OCH3 is 4. The first-order valence-electron chi connectivity index (χ1n) is 15.3. The quantitative estimate of drug-likeness (QED) is 0.120. The lowest BCUT2D eigenvalue weighted by atomic mass is 9.87. The molecule has 1 aliphatic rings. The van der Waals surface area contributed by atoms with Crippen molar-refractivity contribution >= 4 is 11.8 Å². The van der Waals surface area contributed by atoms with Crippen molar-refractivity contribution in [3.63, 3.8) is 0 Å². The molecule has 3 aromatic carbocycles. The van der Waals surface area contributed by atoms with E-state index in [2.05, 4.69) is 66.4 Å². The van der Waals surface area contributed by atoms with Gasteiger partial charge in [-0.3, -0.25) is 4.90 Å². The molecule has 3 aromatic rings. The summed E-state index contributed by atoms with van der Waals surface area (Å²) in [6, 6.07) is 21.6. The third kappa shape index (κ3) is 8.61. The summed E-state index contributed by atoms with van der Waals surface area (Å²) in [4.78, 5) is 3.77. The van der Waals surface area contributed by atoms with Crippen molar-refractivity contribution in [1.29, 1.82) is 5.26 Å². The Balaban J connectivity index is 1.32. The molecule has 6 nitrogen and oxygen atoms in total. The van der Waals surface area contributed by atoms with Crippen molar-refractivity contribution in [3.8, 4) is 29.1 Å². The third-order valence-electron chi connectivity index (χ3n) is 8.30. The van der Waals surface area contributed by atoms with Crippen LogP contribution in [-0.4, -0.2) is 51.7 Å². The molecule has 0 saturated carbocycles. The number of rotatable bonds is 16. The zero-order valence-corrected chi connectivity index (χ0v) is 27.2. The van der Waals surface area contributed by atoms with Crippen molar-refractivity contribution in [2.45, 2.75) is 74.5 Å². The number of thioether (sulfide) groups is 1. The molecule has 0 bridgehead atoms. The van der Waals surface area contributed by atoms with Gasteiger partial charge in [0.05, 0.1) is 45.8 Å². The van der Waals surface area contributed by atoms with Gasteiger partial charge in [-0.15, -0.1) is 11.8 Å². The molecular formula is C36H46N2O4S. The first kappa shape index (κ1) is 32.6. The van der Waals surface area contributed by atoms with Gasteiger partial charge in [-0.05, 0) is 85.8 Å². The highest BCUT2D eigenvalue weighted by Crippen LogP contribution is 2.43. The number of fused-ring (bicyclic) bond motifs is 1. The molecule has 230 valence electrons. The zero-order valence-electron chi connectivity index (χ0n) is 26.4. The standard InChI is InChI=1S/C36H46N2O4S/c1-26-13-16-29(17-14-26)43-30(25-37)12-10-8-6-7-9-11-20-38-21-19-27-22-34(41-4)35(42-5)24-31(27)36(38)28-15-18-32(39-2)33(23-28)40-3/h13-18,22-24,30,36H,6-12,19-21H2,1-5H3. The van der Waals surface area contributed by atoms with Crippen molar-refractivity contribution in [3.05, 3.63) is 76.9 Å². The fraction of sp³-hybridized carbons (Fsp3) is 0.472. The summed E-state index contributed by atoms with van der Waals surface area (Å²) in [6.45, 7) is 4.10. The van der Waals surface area contributed by atoms with Crippen molar-refractivity contribution in [2.75, 3.05) is 41.5 Å². The highest BCUT2D eigenvalue weighted by Gasteiger charge is 2.31. The second-order valence-corrected chi connectivity index (χ2v) is 12.4. The van der Waals surface area contributed by atoms with Gasteiger partial charge >= 0.3 is 0 Å². The molecule has 0 spiro atoms. The maximum Gasteiger partial charge on any atom is 0.161 e. The molecule has 0 amide bonds. The maximum atomic E-state index is 9.61. The fourth-order valence-electron chi connectivity index (χ4n) is 5.93. The highest BCUT2D eigenvalue weighted by atomic mass is 32.2. The van der Waals surface area contributed by atoms with E-state index in [1.807, 2.05) is 6.07 Å². The minimum absolute atomic E-state index is 0.0248. The van der Waals surface area contributed by atoms with E-state index in [-0.39, 0.29) is 11.3 Å². The molecule has 43 heavy (non-hydrogen) atoms. The summed E-state index contributed by atoms with van der Waals surface area (Å²) >= 11 is 1.69. The first-order valence-corrected chi connectivity index (χ1v) is 16.2. The Bertz CT molecular complexity index is 1350. The number of ether oxygens (including phenoxy) is 4. The average Bonchev–Trinajstić information content (AvgIpc) is 3.04. The van der Waals surface area contributed by atoms with Crippen LogP contribution in [0.1, 0.15) is 73.2 Å². The van der Waals surface area contributed by atoms with E-state index in [9.17, 15) is 5.26 Å². The van der Waals surface area contributed by atoms with Crippen LogP contribution in [0.25, 0.3) is 0 Å². The van der Waals surface area contributed by atoms with E-state index in [0.717, 1.165) is 61.8 Å². The number of unbranched alkanes of at least 4 members (excludes halogenated alkanes) is 5. The molecular weight excluding hydrogens is 556 g/mol. The van der Waals surface area contributed by atoms with Crippen molar-refractivity contribution in [1.82, 2.24) is 4.90 Å². The second kappa shape index (κ2) is 16.5. The van der Waals surface area contributed by atoms with Gasteiger partial charge in [0.2, 0.25) is 0 Å². The van der Waals surface area contributed by atoms with Gasteiger partial charge in [-0.1, -0.05) is 55.9 Å². The van der Waals surface area contributed by atoms with Crippen LogP contribution in [0, 0.1) is 18.3 Å². The van der Waals surface area contributed by atoms with Crippen LogP contribution in [0.3, 0.4) is 0 Å². The predicted molar refractivity (Wildman–Crippen MR) is 175 cm³/mol. The van der Waals surface area contributed by atoms with Gasteiger partial charge < -0.3 is 18.9 Å². The Labute approximate surface area is 262 Å². The smallest absolute Gasteiger partial charge is 0.161 e. The van der Waals surface area contributed by atoms with Crippen LogP contribution in [0.2, 0.25) is 0 Å². The highest BCUT2D eigenvalue weighted by molar-refractivity contribution is 8.00. The van der Waals surface area contributed by atoms with Gasteiger partial charge in [0.1, 0.15) is 0 Å². The Morgan fingerprint density at radius 2 is 1.42 bits per heavy atom. The largest absolute Gasteiger partial charge is 0.493 e. The average molecular weight is 603 g/mol. The summed E-state index contributed by atoms with van der Waals surface area (Å²) in [5, 5.41) is 9.64. The topological polar surface area (TPSA) is 64.0 Å². The van der Waals surface area contributed by atoms with Crippen LogP contribution >= 0.6 is 11.8 Å². The number of nitriles is 1. The fourth-order valence-corrected chi connectivity index (χ4v) is 6.89. The molecule has 0 fully saturated rings. The first-order chi connectivity index (χ1) is 21.0. The normalized spacial score (nSPS) is 15.3. The van der Waals surface area contributed by atoms with Gasteiger partial charge in [0, 0.05) is 11.4 Å². The number of benzene rings is 3. The van der Waals surface area contributed by atoms with Crippen LogP contribution in [0.4, 0.5) is 0 Å². The van der Waals surface area contributed by atoms with E-state index in [0.29, 0.717) is 0 Å². The molecule has 0 aromatic heterocycles. The molecule has 0 radical (unpaired) electrons. The molecule has 2 unspecified atom stereocenters. The predicted octanol–water partition coefficient (Wildman–Crippen LogP) is 8.39. The van der Waals surface area contributed by atoms with Gasteiger partial charge in [0.15, 0.2) is 23.0 Å². The van der Waals surface area contributed by atoms with E-state index >= 15 is 0 Å². The molecule has 1 aliphatic heterocycles. The molecule has 0 saturated heterocycles. The van der Waals surface area contributed by atoms with E-state index in [4.69, 9.17) is 18.9 Å². The second-order valence-electron chi connectivity index (χ2n) is 11.2. The lowest BCUT2D eigenvalue weighted by molar-refractivity contribution is 0.207. The zero-order chi connectivity index (χ0) is 30.6.